The largest absolute Gasteiger partial charge is 0.383 e. The standard InChI is InChI=1S/C26H30ClFN6O3/c1-16-23(25(35)29-2)32-34(18-7-5-4-6-8-18)24(16)31-26(36)30-22-15-33(11-12-37-3)14-19(22)17-9-10-21(28)20(27)13-17/h4-10,13,19,22H,11-12,14-15H2,1-3H3,(H,29,35)(H2,30,31,36)/t19-,22+/m0/s1. The Morgan fingerprint density at radius 1 is 1.19 bits per heavy atom. The summed E-state index contributed by atoms with van der Waals surface area (Å²) in [5.41, 5.74) is 2.28. The van der Waals surface area contributed by atoms with Crippen molar-refractivity contribution in [2.45, 2.75) is 18.9 Å². The fourth-order valence-corrected chi connectivity index (χ4v) is 4.75. The molecule has 0 radical (unpaired) electrons. The highest BCUT2D eigenvalue weighted by atomic mass is 35.5. The van der Waals surface area contributed by atoms with E-state index < -0.39 is 11.8 Å². The van der Waals surface area contributed by atoms with Crippen molar-refractivity contribution in [2.24, 2.45) is 0 Å². The van der Waals surface area contributed by atoms with Gasteiger partial charge in [0.2, 0.25) is 0 Å². The molecule has 2 atom stereocenters. The van der Waals surface area contributed by atoms with Crippen molar-refractivity contribution in [2.75, 3.05) is 45.7 Å². The van der Waals surface area contributed by atoms with Gasteiger partial charge in [-0.2, -0.15) is 5.10 Å². The summed E-state index contributed by atoms with van der Waals surface area (Å²) in [6, 6.07) is 13.2. The highest BCUT2D eigenvalue weighted by Crippen LogP contribution is 2.31. The summed E-state index contributed by atoms with van der Waals surface area (Å²) in [7, 11) is 3.17. The minimum Gasteiger partial charge on any atom is -0.383 e. The molecule has 1 aromatic heterocycles. The van der Waals surface area contributed by atoms with Crippen molar-refractivity contribution in [3.8, 4) is 5.69 Å². The molecule has 11 heteroatoms. The Hall–Kier alpha value is -3.47. The average molecular weight is 529 g/mol. The maximum Gasteiger partial charge on any atom is 0.320 e. The second-order valence-corrected chi connectivity index (χ2v) is 9.29. The van der Waals surface area contributed by atoms with Crippen molar-refractivity contribution in [1.29, 1.82) is 0 Å². The zero-order valence-electron chi connectivity index (χ0n) is 20.9. The van der Waals surface area contributed by atoms with E-state index in [0.717, 1.165) is 5.56 Å². The van der Waals surface area contributed by atoms with Crippen LogP contribution in [0.25, 0.3) is 5.69 Å². The number of para-hydroxylation sites is 1. The first kappa shape index (κ1) is 26.6. The van der Waals surface area contributed by atoms with Gasteiger partial charge in [0.25, 0.3) is 5.91 Å². The molecule has 1 fully saturated rings. The second kappa shape index (κ2) is 11.7. The smallest absolute Gasteiger partial charge is 0.320 e. The van der Waals surface area contributed by atoms with Gasteiger partial charge in [-0.05, 0) is 36.8 Å². The number of hydrogen-bond acceptors (Lipinski definition) is 5. The number of nitrogens with one attached hydrogen (secondary N) is 3. The van der Waals surface area contributed by atoms with Crippen LogP contribution < -0.4 is 16.0 Å². The number of halogens is 2. The third kappa shape index (κ3) is 5.93. The topological polar surface area (TPSA) is 101 Å². The molecule has 1 aliphatic rings. The van der Waals surface area contributed by atoms with Crippen LogP contribution in [0.15, 0.2) is 48.5 Å². The van der Waals surface area contributed by atoms with E-state index in [4.69, 9.17) is 16.3 Å². The van der Waals surface area contributed by atoms with E-state index in [0.29, 0.717) is 43.3 Å². The van der Waals surface area contributed by atoms with Gasteiger partial charge in [0.1, 0.15) is 11.6 Å². The van der Waals surface area contributed by atoms with Crippen LogP contribution in [-0.2, 0) is 4.74 Å². The van der Waals surface area contributed by atoms with Crippen molar-refractivity contribution in [3.05, 3.63) is 76.2 Å². The van der Waals surface area contributed by atoms with Crippen LogP contribution in [0.4, 0.5) is 15.0 Å². The molecule has 2 heterocycles. The Labute approximate surface area is 219 Å². The van der Waals surface area contributed by atoms with E-state index in [1.165, 1.54) is 17.8 Å². The molecule has 9 nitrogen and oxygen atoms in total. The van der Waals surface area contributed by atoms with Crippen LogP contribution in [-0.4, -0.2) is 73.1 Å². The van der Waals surface area contributed by atoms with Gasteiger partial charge in [0, 0.05) is 45.3 Å². The predicted molar refractivity (Wildman–Crippen MR) is 140 cm³/mol. The Kier molecular flexibility index (Phi) is 8.42. The van der Waals surface area contributed by atoms with Crippen molar-refractivity contribution in [3.63, 3.8) is 0 Å². The van der Waals surface area contributed by atoms with Gasteiger partial charge in [-0.25, -0.2) is 13.9 Å². The molecule has 2 aromatic carbocycles. The van der Waals surface area contributed by atoms with E-state index in [1.807, 2.05) is 30.3 Å². The van der Waals surface area contributed by atoms with E-state index >= 15 is 0 Å². The summed E-state index contributed by atoms with van der Waals surface area (Å²) in [5.74, 6) is -0.563. The van der Waals surface area contributed by atoms with Crippen LogP contribution >= 0.6 is 11.6 Å². The summed E-state index contributed by atoms with van der Waals surface area (Å²) < 4.78 is 20.6. The van der Waals surface area contributed by atoms with Crippen molar-refractivity contribution < 1.29 is 18.7 Å². The molecule has 3 N–H and O–H groups in total. The fraction of sp³-hybridized carbons (Fsp3) is 0.346. The number of ether oxygens (including phenoxy) is 1. The van der Waals surface area contributed by atoms with Crippen molar-refractivity contribution >= 4 is 29.4 Å². The molecule has 0 saturated carbocycles. The van der Waals surface area contributed by atoms with E-state index in [-0.39, 0.29) is 28.6 Å². The van der Waals surface area contributed by atoms with Crippen LogP contribution in [0.2, 0.25) is 5.02 Å². The van der Waals surface area contributed by atoms with E-state index in [1.54, 1.807) is 26.2 Å². The molecule has 0 bridgehead atoms. The van der Waals surface area contributed by atoms with Crippen LogP contribution in [0.5, 0.6) is 0 Å². The Morgan fingerprint density at radius 3 is 2.62 bits per heavy atom. The Bertz CT molecular complexity index is 1270. The molecule has 0 spiro atoms. The normalized spacial score (nSPS) is 17.5. The van der Waals surface area contributed by atoms with Gasteiger partial charge in [0.05, 0.1) is 23.4 Å². The number of likely N-dealkylation sites (tertiary alicyclic amines) is 1. The van der Waals surface area contributed by atoms with Gasteiger partial charge in [-0.1, -0.05) is 35.9 Å². The molecule has 196 valence electrons. The molecule has 0 unspecified atom stereocenters. The maximum atomic E-state index is 13.8. The highest BCUT2D eigenvalue weighted by Gasteiger charge is 2.35. The predicted octanol–water partition coefficient (Wildman–Crippen LogP) is 3.57. The number of urea groups is 1. The minimum atomic E-state index is -0.488. The summed E-state index contributed by atoms with van der Waals surface area (Å²) in [6.07, 6.45) is 0. The quantitative estimate of drug-likeness (QED) is 0.415. The number of rotatable bonds is 8. The highest BCUT2D eigenvalue weighted by molar-refractivity contribution is 6.30. The number of methoxy groups -OCH3 is 1. The summed E-state index contributed by atoms with van der Waals surface area (Å²) in [6.45, 7) is 4.21. The number of anilines is 1. The van der Waals surface area contributed by atoms with Crippen LogP contribution in [0, 0.1) is 12.7 Å². The molecule has 1 aliphatic heterocycles. The second-order valence-electron chi connectivity index (χ2n) is 8.89. The fourth-order valence-electron chi connectivity index (χ4n) is 4.56. The first-order valence-electron chi connectivity index (χ1n) is 11.9. The van der Waals surface area contributed by atoms with Crippen LogP contribution in [0.3, 0.4) is 0 Å². The van der Waals surface area contributed by atoms with Gasteiger partial charge >= 0.3 is 6.03 Å². The number of carbonyl (C=O) groups is 2. The minimum absolute atomic E-state index is 0.0418. The number of aromatic nitrogens is 2. The monoisotopic (exact) mass is 528 g/mol. The van der Waals surface area contributed by atoms with Gasteiger partial charge in [0.15, 0.2) is 5.69 Å². The molecule has 37 heavy (non-hydrogen) atoms. The lowest BCUT2D eigenvalue weighted by Gasteiger charge is -2.21. The van der Waals surface area contributed by atoms with Crippen molar-refractivity contribution in [1.82, 2.24) is 25.3 Å². The van der Waals surface area contributed by atoms with E-state index in [9.17, 15) is 14.0 Å². The average Bonchev–Trinajstić information content (AvgIpc) is 3.45. The molecular formula is C26H30ClFN6O3. The number of amides is 3. The van der Waals surface area contributed by atoms with Crippen LogP contribution in [0.1, 0.15) is 27.5 Å². The lowest BCUT2D eigenvalue weighted by Crippen LogP contribution is -2.42. The molecule has 3 amide bonds. The molecular weight excluding hydrogens is 499 g/mol. The number of benzene rings is 2. The molecule has 0 aliphatic carbocycles. The lowest BCUT2D eigenvalue weighted by molar-refractivity contribution is 0.0957. The third-order valence-electron chi connectivity index (χ3n) is 6.49. The SMILES string of the molecule is CNC(=O)c1nn(-c2ccccc2)c(NC(=O)N[C@@H]2CN(CCOC)C[C@H]2c2ccc(F)c(Cl)c2)c1C. The summed E-state index contributed by atoms with van der Waals surface area (Å²) in [5, 5.41) is 13.0. The number of nitrogens with zero attached hydrogens (tertiary/aromatic N) is 3. The lowest BCUT2D eigenvalue weighted by atomic mass is 9.94. The zero-order valence-corrected chi connectivity index (χ0v) is 21.7. The van der Waals surface area contributed by atoms with Gasteiger partial charge in [-0.15, -0.1) is 0 Å². The number of hydrogen-bond donors (Lipinski definition) is 3. The third-order valence-corrected chi connectivity index (χ3v) is 6.78. The number of carbonyl (C=O) groups excluding carboxylic acids is 2. The van der Waals surface area contributed by atoms with E-state index in [2.05, 4.69) is 25.9 Å². The molecule has 1 saturated heterocycles. The maximum absolute atomic E-state index is 13.8. The van der Waals surface area contributed by atoms with Gasteiger partial charge in [-0.3, -0.25) is 15.0 Å². The van der Waals surface area contributed by atoms with Gasteiger partial charge < -0.3 is 15.4 Å². The Morgan fingerprint density at radius 2 is 1.95 bits per heavy atom. The zero-order chi connectivity index (χ0) is 26.5. The first-order chi connectivity index (χ1) is 17.8. The first-order valence-corrected chi connectivity index (χ1v) is 12.3. The molecule has 3 aromatic rings. The Balaban J connectivity index is 1.59. The molecule has 4 rings (SSSR count). The summed E-state index contributed by atoms with van der Waals surface area (Å²) >= 11 is 6.06. The summed E-state index contributed by atoms with van der Waals surface area (Å²) in [4.78, 5) is 27.9.